The standard InChI is InChI=1S/C17H20F3NO2/c18-17(19,20)15(8-4-9-15)14(22)21-11-5-10-16(23,12-21)13-6-2-1-3-7-13/h1-3,6-7,23H,4-5,8-12H2. The number of hydrogen-bond acceptors (Lipinski definition) is 2. The average Bonchev–Trinajstić information content (AvgIpc) is 2.45. The third-order valence-electron chi connectivity index (χ3n) is 5.23. The Balaban J connectivity index is 1.83. The first-order valence-electron chi connectivity index (χ1n) is 7.93. The van der Waals surface area contributed by atoms with E-state index >= 15 is 0 Å². The molecule has 23 heavy (non-hydrogen) atoms. The maximum Gasteiger partial charge on any atom is 0.403 e. The van der Waals surface area contributed by atoms with Crippen LogP contribution in [0.5, 0.6) is 0 Å². The van der Waals surface area contributed by atoms with E-state index in [0.717, 1.165) is 0 Å². The monoisotopic (exact) mass is 327 g/mol. The van der Waals surface area contributed by atoms with Crippen LogP contribution in [0.2, 0.25) is 0 Å². The van der Waals surface area contributed by atoms with Crippen LogP contribution in [0.1, 0.15) is 37.7 Å². The molecule has 0 bridgehead atoms. The minimum atomic E-state index is -4.52. The molecular weight excluding hydrogens is 307 g/mol. The smallest absolute Gasteiger partial charge is 0.383 e. The lowest BCUT2D eigenvalue weighted by Gasteiger charge is -2.47. The molecule has 6 heteroatoms. The number of carbonyl (C=O) groups is 1. The van der Waals surface area contributed by atoms with Gasteiger partial charge in [0.25, 0.3) is 0 Å². The molecule has 2 aliphatic rings. The minimum Gasteiger partial charge on any atom is -0.383 e. The van der Waals surface area contributed by atoms with Gasteiger partial charge in [0.2, 0.25) is 5.91 Å². The molecule has 1 aliphatic heterocycles. The predicted octanol–water partition coefficient (Wildman–Crippen LogP) is 3.23. The Morgan fingerprint density at radius 3 is 2.26 bits per heavy atom. The van der Waals surface area contributed by atoms with E-state index in [2.05, 4.69) is 0 Å². The minimum absolute atomic E-state index is 0.0757. The molecule has 0 radical (unpaired) electrons. The Morgan fingerprint density at radius 1 is 1.09 bits per heavy atom. The van der Waals surface area contributed by atoms with Crippen LogP contribution in [0.25, 0.3) is 0 Å². The van der Waals surface area contributed by atoms with E-state index in [9.17, 15) is 23.1 Å². The van der Waals surface area contributed by atoms with Crippen LogP contribution >= 0.6 is 0 Å². The summed E-state index contributed by atoms with van der Waals surface area (Å²) < 4.78 is 40.1. The van der Waals surface area contributed by atoms with Gasteiger partial charge in [0.1, 0.15) is 11.0 Å². The van der Waals surface area contributed by atoms with E-state index in [1.54, 1.807) is 24.3 Å². The van der Waals surface area contributed by atoms with Crippen LogP contribution in [-0.2, 0) is 10.4 Å². The molecular formula is C17H20F3NO2. The number of hydrogen-bond donors (Lipinski definition) is 1. The van der Waals surface area contributed by atoms with Gasteiger partial charge < -0.3 is 10.0 Å². The van der Waals surface area contributed by atoms with Crippen molar-refractivity contribution in [2.45, 2.75) is 43.9 Å². The number of halogens is 3. The van der Waals surface area contributed by atoms with Crippen molar-refractivity contribution in [3.05, 3.63) is 35.9 Å². The van der Waals surface area contributed by atoms with Crippen LogP contribution in [0.3, 0.4) is 0 Å². The molecule has 1 saturated carbocycles. The second-order valence-electron chi connectivity index (χ2n) is 6.66. The molecule has 1 aromatic carbocycles. The molecule has 3 nitrogen and oxygen atoms in total. The fourth-order valence-corrected chi connectivity index (χ4v) is 3.65. The summed E-state index contributed by atoms with van der Waals surface area (Å²) in [7, 11) is 0. The molecule has 1 amide bonds. The van der Waals surface area contributed by atoms with Crippen molar-refractivity contribution >= 4 is 5.91 Å². The summed E-state index contributed by atoms with van der Waals surface area (Å²) in [4.78, 5) is 13.8. The second-order valence-corrected chi connectivity index (χ2v) is 6.66. The van der Waals surface area contributed by atoms with Crippen LogP contribution in [0.4, 0.5) is 13.2 Å². The van der Waals surface area contributed by atoms with Crippen LogP contribution in [-0.4, -0.2) is 35.2 Å². The summed E-state index contributed by atoms with van der Waals surface area (Å²) >= 11 is 0. The number of alkyl halides is 3. The zero-order valence-electron chi connectivity index (χ0n) is 12.8. The number of aliphatic hydroxyl groups is 1. The van der Waals surface area contributed by atoms with Crippen molar-refractivity contribution in [3.63, 3.8) is 0 Å². The molecule has 2 fully saturated rings. The summed E-state index contributed by atoms with van der Waals surface area (Å²) in [5.41, 5.74) is -2.86. The highest BCUT2D eigenvalue weighted by atomic mass is 19.4. The first-order valence-corrected chi connectivity index (χ1v) is 7.93. The lowest BCUT2D eigenvalue weighted by molar-refractivity contribution is -0.250. The highest BCUT2D eigenvalue weighted by molar-refractivity contribution is 5.84. The molecule has 1 saturated heterocycles. The summed E-state index contributed by atoms with van der Waals surface area (Å²) in [6.45, 7) is 0.194. The van der Waals surface area contributed by atoms with Gasteiger partial charge in [-0.15, -0.1) is 0 Å². The number of amides is 1. The highest BCUT2D eigenvalue weighted by Crippen LogP contribution is 2.54. The fraction of sp³-hybridized carbons (Fsp3) is 0.588. The highest BCUT2D eigenvalue weighted by Gasteiger charge is 2.64. The SMILES string of the molecule is O=C(N1CCCC(O)(c2ccccc2)C1)C1(C(F)(F)F)CCC1. The number of rotatable bonds is 2. The van der Waals surface area contributed by atoms with E-state index in [0.29, 0.717) is 24.8 Å². The van der Waals surface area contributed by atoms with E-state index in [1.165, 1.54) is 4.90 Å². The van der Waals surface area contributed by atoms with Crippen molar-refractivity contribution in [2.75, 3.05) is 13.1 Å². The molecule has 3 rings (SSSR count). The Kier molecular flexibility index (Phi) is 3.91. The number of carbonyl (C=O) groups excluding carboxylic acids is 1. The Labute approximate surface area is 133 Å². The van der Waals surface area contributed by atoms with Crippen LogP contribution in [0.15, 0.2) is 30.3 Å². The summed E-state index contributed by atoms with van der Waals surface area (Å²) in [5, 5.41) is 10.8. The number of piperidine rings is 1. The fourth-order valence-electron chi connectivity index (χ4n) is 3.65. The van der Waals surface area contributed by atoms with Crippen molar-refractivity contribution in [1.29, 1.82) is 0 Å². The van der Waals surface area contributed by atoms with Crippen molar-refractivity contribution < 1.29 is 23.1 Å². The molecule has 1 aromatic rings. The second kappa shape index (κ2) is 5.51. The van der Waals surface area contributed by atoms with Gasteiger partial charge in [0.05, 0.1) is 6.54 Å². The average molecular weight is 327 g/mol. The number of likely N-dealkylation sites (tertiary alicyclic amines) is 1. The van der Waals surface area contributed by atoms with Gasteiger partial charge in [-0.25, -0.2) is 0 Å². The van der Waals surface area contributed by atoms with E-state index < -0.39 is 23.1 Å². The molecule has 0 spiro atoms. The zero-order chi connectivity index (χ0) is 16.7. The maximum atomic E-state index is 13.4. The van der Waals surface area contributed by atoms with Crippen molar-refractivity contribution in [1.82, 2.24) is 4.90 Å². The van der Waals surface area contributed by atoms with Crippen LogP contribution < -0.4 is 0 Å². The molecule has 0 aromatic heterocycles. The Bertz CT molecular complexity index is 583. The number of benzene rings is 1. The summed E-state index contributed by atoms with van der Waals surface area (Å²) in [6.07, 6.45) is -3.46. The molecule has 1 N–H and O–H groups in total. The Morgan fingerprint density at radius 2 is 1.74 bits per heavy atom. The number of nitrogens with zero attached hydrogens (tertiary/aromatic N) is 1. The van der Waals surface area contributed by atoms with E-state index in [4.69, 9.17) is 0 Å². The molecule has 1 atom stereocenters. The molecule has 126 valence electrons. The van der Waals surface area contributed by atoms with Gasteiger partial charge in [-0.1, -0.05) is 36.8 Å². The van der Waals surface area contributed by atoms with Crippen LogP contribution in [0, 0.1) is 5.41 Å². The molecule has 1 aliphatic carbocycles. The van der Waals surface area contributed by atoms with E-state index in [1.807, 2.05) is 6.07 Å². The van der Waals surface area contributed by atoms with Gasteiger partial charge in [0.15, 0.2) is 0 Å². The quantitative estimate of drug-likeness (QED) is 0.906. The first-order chi connectivity index (χ1) is 10.8. The molecule has 1 unspecified atom stereocenters. The first kappa shape index (κ1) is 16.3. The van der Waals surface area contributed by atoms with Gasteiger partial charge >= 0.3 is 6.18 Å². The normalized spacial score (nSPS) is 27.4. The largest absolute Gasteiger partial charge is 0.403 e. The van der Waals surface area contributed by atoms with Crippen molar-refractivity contribution in [3.8, 4) is 0 Å². The topological polar surface area (TPSA) is 40.5 Å². The van der Waals surface area contributed by atoms with Gasteiger partial charge in [-0.05, 0) is 31.2 Å². The van der Waals surface area contributed by atoms with Gasteiger partial charge in [-0.2, -0.15) is 13.2 Å². The lowest BCUT2D eigenvalue weighted by Crippen LogP contribution is -2.59. The summed E-state index contributed by atoms with van der Waals surface area (Å²) in [5.74, 6) is -0.870. The van der Waals surface area contributed by atoms with Gasteiger partial charge in [0, 0.05) is 6.54 Å². The lowest BCUT2D eigenvalue weighted by atomic mass is 9.66. The molecule has 1 heterocycles. The predicted molar refractivity (Wildman–Crippen MR) is 78.5 cm³/mol. The maximum absolute atomic E-state index is 13.4. The van der Waals surface area contributed by atoms with Gasteiger partial charge in [-0.3, -0.25) is 4.79 Å². The third kappa shape index (κ3) is 2.63. The summed E-state index contributed by atoms with van der Waals surface area (Å²) in [6, 6.07) is 8.85. The zero-order valence-corrected chi connectivity index (χ0v) is 12.8. The Hall–Kier alpha value is -1.56. The number of β-amino-alcohol motifs (C(OH)–C–C–N with tert-alkyl or cyclic N) is 1. The third-order valence-corrected chi connectivity index (χ3v) is 5.23. The van der Waals surface area contributed by atoms with E-state index in [-0.39, 0.29) is 25.9 Å². The van der Waals surface area contributed by atoms with Crippen molar-refractivity contribution in [2.24, 2.45) is 5.41 Å².